The molecule has 9 heteroatoms. The van der Waals surface area contributed by atoms with Crippen molar-refractivity contribution in [1.29, 1.82) is 0 Å². The fraction of sp³-hybridized carbons (Fsp3) is 0.500. The van der Waals surface area contributed by atoms with Gasteiger partial charge in [0, 0.05) is 0 Å². The molecule has 0 bridgehead atoms. The van der Waals surface area contributed by atoms with Gasteiger partial charge < -0.3 is 26.8 Å². The molecule has 0 heterocycles. The highest BCUT2D eigenvalue weighted by molar-refractivity contribution is 5.90. The van der Waals surface area contributed by atoms with Crippen LogP contribution in [0.15, 0.2) is 30.3 Å². The lowest BCUT2D eigenvalue weighted by atomic mass is 10.1. The molecule has 0 saturated heterocycles. The predicted octanol–water partition coefficient (Wildman–Crippen LogP) is -0.0541. The SMILES string of the molecule is CC(=O)C(C)NC(=O)C(CCCNC(N)N)NC(=O)OCc1ccccc1. The van der Waals surface area contributed by atoms with E-state index in [2.05, 4.69) is 16.0 Å². The predicted molar refractivity (Wildman–Crippen MR) is 101 cm³/mol. The van der Waals surface area contributed by atoms with Crippen LogP contribution >= 0.6 is 0 Å². The zero-order valence-corrected chi connectivity index (χ0v) is 15.7. The number of ketones is 1. The first-order valence-electron chi connectivity index (χ1n) is 8.82. The molecule has 27 heavy (non-hydrogen) atoms. The Morgan fingerprint density at radius 3 is 2.37 bits per heavy atom. The number of nitrogens with one attached hydrogen (secondary N) is 3. The summed E-state index contributed by atoms with van der Waals surface area (Å²) < 4.78 is 5.15. The van der Waals surface area contributed by atoms with Crippen LogP contribution in [0.3, 0.4) is 0 Å². The van der Waals surface area contributed by atoms with Crippen molar-refractivity contribution in [3.05, 3.63) is 35.9 Å². The van der Waals surface area contributed by atoms with Crippen LogP contribution in [0.2, 0.25) is 0 Å². The largest absolute Gasteiger partial charge is 0.445 e. The smallest absolute Gasteiger partial charge is 0.408 e. The second-order valence-corrected chi connectivity index (χ2v) is 6.22. The molecular weight excluding hydrogens is 350 g/mol. The molecule has 2 unspecified atom stereocenters. The zero-order chi connectivity index (χ0) is 20.2. The maximum atomic E-state index is 12.4. The highest BCUT2D eigenvalue weighted by Crippen LogP contribution is 2.03. The molecule has 9 nitrogen and oxygen atoms in total. The number of benzene rings is 1. The Morgan fingerprint density at radius 2 is 1.78 bits per heavy atom. The lowest BCUT2D eigenvalue weighted by Crippen LogP contribution is -2.51. The van der Waals surface area contributed by atoms with Gasteiger partial charge in [-0.2, -0.15) is 0 Å². The van der Waals surface area contributed by atoms with E-state index in [1.54, 1.807) is 6.92 Å². The van der Waals surface area contributed by atoms with Crippen molar-refractivity contribution in [2.75, 3.05) is 6.54 Å². The molecule has 2 amide bonds. The summed E-state index contributed by atoms with van der Waals surface area (Å²) in [6.45, 7) is 3.53. The standard InChI is InChI=1S/C18H29N5O4/c1-12(13(2)24)22-16(25)15(9-6-10-21-17(19)20)23-18(26)27-11-14-7-4-3-5-8-14/h3-5,7-8,12,15,17,21H,6,9-11,19-20H2,1-2H3,(H,22,25)(H,23,26). The molecule has 2 atom stereocenters. The fourth-order valence-electron chi connectivity index (χ4n) is 2.17. The highest BCUT2D eigenvalue weighted by atomic mass is 16.5. The number of carbonyl (C=O) groups excluding carboxylic acids is 3. The summed E-state index contributed by atoms with van der Waals surface area (Å²) in [5.74, 6) is -0.629. The van der Waals surface area contributed by atoms with Gasteiger partial charge >= 0.3 is 6.09 Å². The second kappa shape index (κ2) is 12.0. The number of nitrogens with two attached hydrogens (primary N) is 2. The molecule has 150 valence electrons. The summed E-state index contributed by atoms with van der Waals surface area (Å²) in [6, 6.07) is 7.71. The van der Waals surface area contributed by atoms with E-state index >= 15 is 0 Å². The average Bonchev–Trinajstić information content (AvgIpc) is 2.62. The Hall–Kier alpha value is -2.49. The fourth-order valence-corrected chi connectivity index (χ4v) is 2.17. The second-order valence-electron chi connectivity index (χ2n) is 6.22. The van der Waals surface area contributed by atoms with Crippen molar-refractivity contribution in [1.82, 2.24) is 16.0 Å². The van der Waals surface area contributed by atoms with E-state index in [-0.39, 0.29) is 12.4 Å². The van der Waals surface area contributed by atoms with Gasteiger partial charge in [0.2, 0.25) is 5.91 Å². The van der Waals surface area contributed by atoms with Crippen molar-refractivity contribution in [3.8, 4) is 0 Å². The summed E-state index contributed by atoms with van der Waals surface area (Å²) in [5.41, 5.74) is 11.6. The number of rotatable bonds is 11. The minimum atomic E-state index is -0.842. The molecule has 0 spiro atoms. The van der Waals surface area contributed by atoms with E-state index in [0.29, 0.717) is 19.4 Å². The summed E-state index contributed by atoms with van der Waals surface area (Å²) in [6.07, 6.45) is -0.496. The minimum Gasteiger partial charge on any atom is -0.445 e. The number of hydrogen-bond donors (Lipinski definition) is 5. The summed E-state index contributed by atoms with van der Waals surface area (Å²) in [4.78, 5) is 35.8. The van der Waals surface area contributed by atoms with Gasteiger partial charge in [-0.1, -0.05) is 30.3 Å². The molecule has 0 saturated carbocycles. The van der Waals surface area contributed by atoms with Gasteiger partial charge in [-0.15, -0.1) is 0 Å². The molecule has 0 fully saturated rings. The molecular formula is C18H29N5O4. The molecule has 0 aliphatic rings. The monoisotopic (exact) mass is 379 g/mol. The maximum absolute atomic E-state index is 12.4. The van der Waals surface area contributed by atoms with Gasteiger partial charge in [-0.3, -0.25) is 14.9 Å². The molecule has 0 radical (unpaired) electrons. The van der Waals surface area contributed by atoms with Crippen molar-refractivity contribution >= 4 is 17.8 Å². The molecule has 1 rings (SSSR count). The third-order valence-electron chi connectivity index (χ3n) is 3.84. The van der Waals surface area contributed by atoms with E-state index in [0.717, 1.165) is 5.56 Å². The Morgan fingerprint density at radius 1 is 1.11 bits per heavy atom. The lowest BCUT2D eigenvalue weighted by Gasteiger charge is -2.20. The van der Waals surface area contributed by atoms with Crippen molar-refractivity contribution in [3.63, 3.8) is 0 Å². The number of Topliss-reactive ketones (excluding diaryl/α,β-unsaturated/α-hetero) is 1. The third-order valence-corrected chi connectivity index (χ3v) is 3.84. The Kier molecular flexibility index (Phi) is 10.0. The van der Waals surface area contributed by atoms with Crippen LogP contribution in [0.4, 0.5) is 4.79 Å². The quantitative estimate of drug-likeness (QED) is 0.267. The van der Waals surface area contributed by atoms with Crippen LogP contribution < -0.4 is 27.4 Å². The molecule has 0 aliphatic carbocycles. The maximum Gasteiger partial charge on any atom is 0.408 e. The van der Waals surface area contributed by atoms with Crippen LogP contribution in [-0.4, -0.2) is 42.7 Å². The van der Waals surface area contributed by atoms with Crippen molar-refractivity contribution < 1.29 is 19.1 Å². The zero-order valence-electron chi connectivity index (χ0n) is 15.7. The summed E-state index contributed by atoms with van der Waals surface area (Å²) in [5, 5.41) is 7.95. The number of alkyl carbamates (subject to hydrolysis) is 1. The lowest BCUT2D eigenvalue weighted by molar-refractivity contribution is -0.127. The van der Waals surface area contributed by atoms with Crippen LogP contribution in [0.5, 0.6) is 0 Å². The molecule has 0 aliphatic heterocycles. The first-order valence-corrected chi connectivity index (χ1v) is 8.82. The Labute approximate surface area is 159 Å². The van der Waals surface area contributed by atoms with Gasteiger partial charge in [0.15, 0.2) is 5.78 Å². The van der Waals surface area contributed by atoms with Gasteiger partial charge in [0.25, 0.3) is 0 Å². The van der Waals surface area contributed by atoms with E-state index in [1.807, 2.05) is 30.3 Å². The van der Waals surface area contributed by atoms with Crippen LogP contribution in [-0.2, 0) is 20.9 Å². The van der Waals surface area contributed by atoms with Crippen LogP contribution in [0.25, 0.3) is 0 Å². The van der Waals surface area contributed by atoms with E-state index < -0.39 is 30.4 Å². The third kappa shape index (κ3) is 9.69. The summed E-state index contributed by atoms with van der Waals surface area (Å²) in [7, 11) is 0. The molecule has 1 aromatic rings. The molecule has 0 aromatic heterocycles. The van der Waals surface area contributed by atoms with Gasteiger partial charge in [-0.05, 0) is 38.8 Å². The van der Waals surface area contributed by atoms with Crippen molar-refractivity contribution in [2.45, 2.75) is 51.7 Å². The topological polar surface area (TPSA) is 149 Å². The van der Waals surface area contributed by atoms with E-state index in [4.69, 9.17) is 16.2 Å². The van der Waals surface area contributed by atoms with Gasteiger partial charge in [0.1, 0.15) is 18.9 Å². The van der Waals surface area contributed by atoms with Crippen molar-refractivity contribution in [2.24, 2.45) is 11.5 Å². The highest BCUT2D eigenvalue weighted by Gasteiger charge is 2.23. The minimum absolute atomic E-state index is 0.0917. The number of ether oxygens (including phenoxy) is 1. The summed E-state index contributed by atoms with van der Waals surface area (Å²) >= 11 is 0. The van der Waals surface area contributed by atoms with Crippen LogP contribution in [0.1, 0.15) is 32.3 Å². The van der Waals surface area contributed by atoms with Gasteiger partial charge in [0.05, 0.1) is 6.04 Å². The van der Waals surface area contributed by atoms with E-state index in [1.165, 1.54) is 6.92 Å². The average molecular weight is 379 g/mol. The first kappa shape index (κ1) is 22.6. The number of hydrogen-bond acceptors (Lipinski definition) is 7. The number of carbonyl (C=O) groups is 3. The van der Waals surface area contributed by atoms with Crippen LogP contribution in [0, 0.1) is 0 Å². The Balaban J connectivity index is 2.58. The van der Waals surface area contributed by atoms with E-state index in [9.17, 15) is 14.4 Å². The normalized spacial score (nSPS) is 12.9. The molecule has 7 N–H and O–H groups in total. The van der Waals surface area contributed by atoms with Gasteiger partial charge in [-0.25, -0.2) is 4.79 Å². The first-order chi connectivity index (χ1) is 12.8. The molecule has 1 aromatic carbocycles. The number of amides is 2. The Bertz CT molecular complexity index is 609.